The third-order valence-electron chi connectivity index (χ3n) is 2.56. The van der Waals surface area contributed by atoms with Gasteiger partial charge in [0.1, 0.15) is 6.04 Å². The van der Waals surface area contributed by atoms with E-state index in [1.807, 2.05) is 0 Å². The van der Waals surface area contributed by atoms with Crippen molar-refractivity contribution in [3.05, 3.63) is 15.4 Å². The summed E-state index contributed by atoms with van der Waals surface area (Å²) in [5.41, 5.74) is 0.217. The van der Waals surface area contributed by atoms with Gasteiger partial charge in [-0.3, -0.25) is 19.7 Å². The first-order valence-electron chi connectivity index (χ1n) is 5.35. The molecule has 104 valence electrons. The molecule has 1 aromatic rings. The molecule has 0 saturated carbocycles. The number of sulfonamides is 1. The van der Waals surface area contributed by atoms with Crippen molar-refractivity contribution in [3.63, 3.8) is 0 Å². The van der Waals surface area contributed by atoms with Crippen LogP contribution in [0.1, 0.15) is 18.5 Å². The molecule has 0 spiro atoms. The zero-order valence-corrected chi connectivity index (χ0v) is 11.5. The molecule has 0 radical (unpaired) electrons. The van der Waals surface area contributed by atoms with Gasteiger partial charge in [-0.2, -0.15) is 4.72 Å². The second-order valence-electron chi connectivity index (χ2n) is 4.05. The zero-order chi connectivity index (χ0) is 14.2. The molecule has 1 fully saturated rings. The molecular formula is C9H11N3O5S2. The Morgan fingerprint density at radius 1 is 1.32 bits per heavy atom. The van der Waals surface area contributed by atoms with E-state index in [0.717, 1.165) is 0 Å². The SMILES string of the molecule is Cc1[nH]c(=O)sc1S(=O)(=O)NC1CCC(=O)NC1=O. The predicted molar refractivity (Wildman–Crippen MR) is 66.2 cm³/mol. The third kappa shape index (κ3) is 2.91. The number of H-pyrrole nitrogens is 1. The van der Waals surface area contributed by atoms with Crippen LogP contribution in [0.5, 0.6) is 0 Å². The molecule has 1 atom stereocenters. The van der Waals surface area contributed by atoms with Gasteiger partial charge >= 0.3 is 4.87 Å². The predicted octanol–water partition coefficient (Wildman–Crippen LogP) is -1.17. The van der Waals surface area contributed by atoms with Crippen molar-refractivity contribution in [2.24, 2.45) is 0 Å². The van der Waals surface area contributed by atoms with E-state index in [1.54, 1.807) is 0 Å². The Bertz CT molecular complexity index is 687. The highest BCUT2D eigenvalue weighted by molar-refractivity contribution is 7.91. The number of carbonyl (C=O) groups excluding carboxylic acids is 2. The molecule has 2 rings (SSSR count). The number of thiazole rings is 1. The fraction of sp³-hybridized carbons (Fsp3) is 0.444. The van der Waals surface area contributed by atoms with Gasteiger partial charge in [0, 0.05) is 12.1 Å². The fourth-order valence-corrected chi connectivity index (χ4v) is 4.24. The zero-order valence-electron chi connectivity index (χ0n) is 9.85. The number of rotatable bonds is 3. The molecule has 1 aliphatic heterocycles. The Hall–Kier alpha value is -1.52. The monoisotopic (exact) mass is 305 g/mol. The average Bonchev–Trinajstić information content (AvgIpc) is 2.63. The lowest BCUT2D eigenvalue weighted by atomic mass is 10.1. The normalized spacial score (nSPS) is 20.4. The van der Waals surface area contributed by atoms with Gasteiger partial charge in [0.05, 0.1) is 0 Å². The topological polar surface area (TPSA) is 125 Å². The molecule has 8 nitrogen and oxygen atoms in total. The van der Waals surface area contributed by atoms with Gasteiger partial charge in [0.2, 0.25) is 11.8 Å². The number of aryl methyl sites for hydroxylation is 1. The molecule has 10 heteroatoms. The van der Waals surface area contributed by atoms with E-state index in [1.165, 1.54) is 6.92 Å². The van der Waals surface area contributed by atoms with Crippen LogP contribution in [0.2, 0.25) is 0 Å². The maximum atomic E-state index is 12.0. The molecule has 1 aromatic heterocycles. The van der Waals surface area contributed by atoms with Gasteiger partial charge in [-0.15, -0.1) is 0 Å². The van der Waals surface area contributed by atoms with Crippen LogP contribution in [-0.4, -0.2) is 31.3 Å². The van der Waals surface area contributed by atoms with Gasteiger partial charge in [0.15, 0.2) is 4.21 Å². The number of piperidine rings is 1. The first-order valence-corrected chi connectivity index (χ1v) is 7.65. The highest BCUT2D eigenvalue weighted by Crippen LogP contribution is 2.17. The molecule has 0 aliphatic carbocycles. The van der Waals surface area contributed by atoms with Crippen LogP contribution >= 0.6 is 11.3 Å². The highest BCUT2D eigenvalue weighted by atomic mass is 32.2. The number of aromatic amines is 1. The Labute approximate surface area is 112 Å². The Morgan fingerprint density at radius 3 is 2.53 bits per heavy atom. The average molecular weight is 305 g/mol. The smallest absolute Gasteiger partial charge is 0.305 e. The maximum absolute atomic E-state index is 12.0. The van der Waals surface area contributed by atoms with Crippen molar-refractivity contribution in [1.82, 2.24) is 15.0 Å². The van der Waals surface area contributed by atoms with Crippen molar-refractivity contribution >= 4 is 33.2 Å². The maximum Gasteiger partial charge on any atom is 0.305 e. The van der Waals surface area contributed by atoms with E-state index in [-0.39, 0.29) is 22.7 Å². The van der Waals surface area contributed by atoms with Crippen LogP contribution in [0, 0.1) is 6.92 Å². The van der Waals surface area contributed by atoms with Crippen LogP contribution in [0.15, 0.2) is 9.00 Å². The lowest BCUT2D eigenvalue weighted by Gasteiger charge is -2.21. The van der Waals surface area contributed by atoms with Crippen molar-refractivity contribution in [2.75, 3.05) is 0 Å². The van der Waals surface area contributed by atoms with Crippen LogP contribution < -0.4 is 14.9 Å². The number of nitrogens with one attached hydrogen (secondary N) is 3. The van der Waals surface area contributed by atoms with E-state index in [0.29, 0.717) is 11.3 Å². The molecule has 0 aromatic carbocycles. The minimum atomic E-state index is -3.96. The van der Waals surface area contributed by atoms with Gasteiger partial charge in [-0.25, -0.2) is 8.42 Å². The van der Waals surface area contributed by atoms with E-state index >= 15 is 0 Å². The summed E-state index contributed by atoms with van der Waals surface area (Å²) in [6, 6.07) is -1.00. The van der Waals surface area contributed by atoms with Gasteiger partial charge < -0.3 is 4.98 Å². The van der Waals surface area contributed by atoms with E-state index in [2.05, 4.69) is 15.0 Å². The van der Waals surface area contributed by atoms with Crippen molar-refractivity contribution in [1.29, 1.82) is 0 Å². The second-order valence-corrected chi connectivity index (χ2v) is 6.94. The quantitative estimate of drug-likeness (QED) is 0.607. The molecule has 2 heterocycles. The fourth-order valence-electron chi connectivity index (χ4n) is 1.69. The standard InChI is InChI=1S/C9H11N3O5S2/c1-4-8(18-9(15)10-4)19(16,17)12-5-2-3-6(13)11-7(5)14/h5,12H,2-3H2,1H3,(H,10,15)(H,11,13,14). The Morgan fingerprint density at radius 2 is 2.00 bits per heavy atom. The lowest BCUT2D eigenvalue weighted by molar-refractivity contribution is -0.134. The molecule has 19 heavy (non-hydrogen) atoms. The number of hydrogen-bond acceptors (Lipinski definition) is 6. The first kappa shape index (κ1) is 13.9. The molecule has 1 unspecified atom stereocenters. The van der Waals surface area contributed by atoms with Crippen LogP contribution in [0.4, 0.5) is 0 Å². The second kappa shape index (κ2) is 4.87. The highest BCUT2D eigenvalue weighted by Gasteiger charge is 2.32. The lowest BCUT2D eigenvalue weighted by Crippen LogP contribution is -2.52. The molecule has 1 aliphatic rings. The summed E-state index contributed by atoms with van der Waals surface area (Å²) in [5.74, 6) is -1.11. The van der Waals surface area contributed by atoms with E-state index in [9.17, 15) is 22.8 Å². The van der Waals surface area contributed by atoms with Crippen molar-refractivity contribution in [2.45, 2.75) is 30.0 Å². The molecule has 1 saturated heterocycles. The first-order chi connectivity index (χ1) is 8.79. The molecule has 0 bridgehead atoms. The van der Waals surface area contributed by atoms with Crippen LogP contribution in [0.25, 0.3) is 0 Å². The summed E-state index contributed by atoms with van der Waals surface area (Å²) < 4.78 is 26.1. The van der Waals surface area contributed by atoms with Gasteiger partial charge in [0.25, 0.3) is 10.0 Å². The summed E-state index contributed by atoms with van der Waals surface area (Å²) in [5, 5.41) is 2.05. The van der Waals surface area contributed by atoms with Gasteiger partial charge in [-0.1, -0.05) is 11.3 Å². The third-order valence-corrected chi connectivity index (χ3v) is 5.64. The Balaban J connectivity index is 2.23. The summed E-state index contributed by atoms with van der Waals surface area (Å²) >= 11 is 0.551. The molecule has 3 N–H and O–H groups in total. The van der Waals surface area contributed by atoms with E-state index in [4.69, 9.17) is 0 Å². The minimum absolute atomic E-state index is 0.0707. The molecular weight excluding hydrogens is 294 g/mol. The van der Waals surface area contributed by atoms with E-state index < -0.39 is 32.8 Å². The van der Waals surface area contributed by atoms with Crippen molar-refractivity contribution < 1.29 is 18.0 Å². The summed E-state index contributed by atoms with van der Waals surface area (Å²) in [7, 11) is -3.96. The molecule has 2 amide bonds. The summed E-state index contributed by atoms with van der Waals surface area (Å²) in [6.45, 7) is 1.46. The Kier molecular flexibility index (Phi) is 3.56. The number of hydrogen-bond donors (Lipinski definition) is 3. The van der Waals surface area contributed by atoms with Crippen LogP contribution in [0.3, 0.4) is 0 Å². The van der Waals surface area contributed by atoms with Crippen molar-refractivity contribution in [3.8, 4) is 0 Å². The number of aromatic nitrogens is 1. The summed E-state index contributed by atoms with van der Waals surface area (Å²) in [4.78, 5) is 35.4. The van der Waals surface area contributed by atoms with Gasteiger partial charge in [-0.05, 0) is 13.3 Å². The summed E-state index contributed by atoms with van der Waals surface area (Å²) in [6.07, 6.45) is 0.170. The largest absolute Gasteiger partial charge is 0.315 e. The van der Waals surface area contributed by atoms with Crippen LogP contribution in [-0.2, 0) is 19.6 Å². The number of imide groups is 1. The number of carbonyl (C=O) groups is 2. The number of amides is 2. The minimum Gasteiger partial charge on any atom is -0.315 e.